The second-order valence-corrected chi connectivity index (χ2v) is 7.17. The molecule has 0 bridgehead atoms. The van der Waals surface area contributed by atoms with Gasteiger partial charge in [-0.05, 0) is 51.4 Å². The summed E-state index contributed by atoms with van der Waals surface area (Å²) in [5, 5.41) is 9.11. The fourth-order valence-corrected chi connectivity index (χ4v) is 2.81. The molecule has 0 atom stereocenters. The summed E-state index contributed by atoms with van der Waals surface area (Å²) in [7, 11) is -0.412. The largest absolute Gasteiger partial charge is 0.491 e. The normalized spacial score (nSPS) is 21.5. The molecule has 110 valence electrons. The van der Waals surface area contributed by atoms with E-state index in [4.69, 9.17) is 20.1 Å². The Kier molecular flexibility index (Phi) is 4.42. The third-order valence-electron chi connectivity index (χ3n) is 3.96. The van der Waals surface area contributed by atoms with Gasteiger partial charge in [-0.15, -0.1) is 11.3 Å². The van der Waals surface area contributed by atoms with E-state index in [9.17, 15) is 0 Å². The van der Waals surface area contributed by atoms with Gasteiger partial charge in [0.15, 0.2) is 0 Å². The zero-order chi connectivity index (χ0) is 15.0. The van der Waals surface area contributed by atoms with Gasteiger partial charge in [-0.2, -0.15) is 0 Å². The third kappa shape index (κ3) is 2.99. The van der Waals surface area contributed by atoms with E-state index in [1.807, 2.05) is 45.9 Å². The van der Waals surface area contributed by atoms with Gasteiger partial charge in [-0.25, -0.2) is 0 Å². The minimum atomic E-state index is -0.412. The number of aliphatic hydroxyl groups is 1. The van der Waals surface area contributed by atoms with Crippen LogP contribution in [0, 0.1) is 0 Å². The van der Waals surface area contributed by atoms with E-state index in [2.05, 4.69) is 0 Å². The van der Waals surface area contributed by atoms with E-state index in [1.165, 1.54) is 0 Å². The summed E-state index contributed by atoms with van der Waals surface area (Å²) in [6.45, 7) is 8.54. The lowest BCUT2D eigenvalue weighted by Gasteiger charge is -2.32. The summed E-state index contributed by atoms with van der Waals surface area (Å²) in [5.41, 5.74) is 6.03. The molecule has 1 aliphatic heterocycles. The lowest BCUT2D eigenvalue weighted by molar-refractivity contribution is 0.00578. The van der Waals surface area contributed by atoms with Gasteiger partial charge in [0.25, 0.3) is 0 Å². The van der Waals surface area contributed by atoms with Crippen LogP contribution < -0.4 is 5.73 Å². The minimum absolute atomic E-state index is 0.0625. The molecule has 0 unspecified atom stereocenters. The highest BCUT2D eigenvalue weighted by atomic mass is 32.1. The first-order valence-electron chi connectivity index (χ1n) is 6.75. The average molecular weight is 295 g/mol. The molecule has 1 aromatic heterocycles. The SMILES string of the molecule is CC1(C)OB(C(=Cc2ccc(CO)s2)CN)OC1(C)C. The van der Waals surface area contributed by atoms with E-state index in [-0.39, 0.29) is 17.8 Å². The highest BCUT2D eigenvalue weighted by Gasteiger charge is 2.52. The molecule has 0 radical (unpaired) electrons. The highest BCUT2D eigenvalue weighted by molar-refractivity contribution is 7.12. The first kappa shape index (κ1) is 15.7. The summed E-state index contributed by atoms with van der Waals surface area (Å²) in [6.07, 6.45) is 1.99. The monoisotopic (exact) mass is 295 g/mol. The van der Waals surface area contributed by atoms with Crippen molar-refractivity contribution in [1.82, 2.24) is 0 Å². The standard InChI is InChI=1S/C14H22BNO3S/c1-13(2)14(3,4)19-15(18-13)10(8-16)7-11-5-6-12(9-17)20-11/h5-7,17H,8-9,16H2,1-4H3. The molecule has 2 rings (SSSR count). The number of hydrogen-bond acceptors (Lipinski definition) is 5. The van der Waals surface area contributed by atoms with Crippen molar-refractivity contribution in [2.24, 2.45) is 5.73 Å². The van der Waals surface area contributed by atoms with Crippen molar-refractivity contribution in [2.45, 2.75) is 45.5 Å². The van der Waals surface area contributed by atoms with Crippen LogP contribution in [0.25, 0.3) is 6.08 Å². The average Bonchev–Trinajstić information content (AvgIpc) is 2.89. The van der Waals surface area contributed by atoms with Crippen LogP contribution in [0.15, 0.2) is 17.6 Å². The predicted octanol–water partition coefficient (Wildman–Crippen LogP) is 2.21. The Balaban J connectivity index is 2.21. The second-order valence-electron chi connectivity index (χ2n) is 5.97. The van der Waals surface area contributed by atoms with E-state index in [1.54, 1.807) is 11.3 Å². The van der Waals surface area contributed by atoms with Crippen LogP contribution in [0.4, 0.5) is 0 Å². The van der Waals surface area contributed by atoms with Crippen molar-refractivity contribution in [3.8, 4) is 0 Å². The van der Waals surface area contributed by atoms with Crippen LogP contribution >= 0.6 is 11.3 Å². The zero-order valence-electron chi connectivity index (χ0n) is 12.5. The van der Waals surface area contributed by atoms with Crippen molar-refractivity contribution in [2.75, 3.05) is 6.54 Å². The number of nitrogens with two attached hydrogens (primary N) is 1. The molecule has 1 fully saturated rings. The molecule has 0 aliphatic carbocycles. The molecule has 0 aromatic carbocycles. The number of aliphatic hydroxyl groups excluding tert-OH is 1. The summed E-state index contributed by atoms with van der Waals surface area (Å²) in [5.74, 6) is 0. The van der Waals surface area contributed by atoms with Crippen molar-refractivity contribution in [1.29, 1.82) is 0 Å². The van der Waals surface area contributed by atoms with Crippen LogP contribution in [-0.4, -0.2) is 30.0 Å². The topological polar surface area (TPSA) is 64.7 Å². The summed E-state index contributed by atoms with van der Waals surface area (Å²) in [6, 6.07) is 3.88. The summed E-state index contributed by atoms with van der Waals surface area (Å²) >= 11 is 1.54. The van der Waals surface area contributed by atoms with E-state index < -0.39 is 7.12 Å². The van der Waals surface area contributed by atoms with Gasteiger partial charge in [0.1, 0.15) is 0 Å². The second kappa shape index (κ2) is 5.62. The first-order chi connectivity index (χ1) is 9.29. The molecule has 0 saturated carbocycles. The molecular weight excluding hydrogens is 273 g/mol. The lowest BCUT2D eigenvalue weighted by atomic mass is 9.77. The molecule has 1 aliphatic rings. The molecule has 1 aromatic rings. The van der Waals surface area contributed by atoms with Gasteiger partial charge in [-0.1, -0.05) is 0 Å². The van der Waals surface area contributed by atoms with Gasteiger partial charge in [0, 0.05) is 16.3 Å². The lowest BCUT2D eigenvalue weighted by Crippen LogP contribution is -2.41. The maximum Gasteiger partial charge on any atom is 0.491 e. The Morgan fingerprint density at radius 2 is 1.90 bits per heavy atom. The van der Waals surface area contributed by atoms with Gasteiger partial charge >= 0.3 is 7.12 Å². The Bertz CT molecular complexity index is 494. The highest BCUT2D eigenvalue weighted by Crippen LogP contribution is 2.38. The first-order valence-corrected chi connectivity index (χ1v) is 7.56. The Labute approximate surface area is 124 Å². The molecule has 0 spiro atoms. The van der Waals surface area contributed by atoms with Crippen molar-refractivity contribution in [3.63, 3.8) is 0 Å². The van der Waals surface area contributed by atoms with Crippen LogP contribution in [-0.2, 0) is 15.9 Å². The zero-order valence-corrected chi connectivity index (χ0v) is 13.3. The summed E-state index contributed by atoms with van der Waals surface area (Å²) in [4.78, 5) is 1.98. The van der Waals surface area contributed by atoms with Crippen molar-refractivity contribution < 1.29 is 14.4 Å². The van der Waals surface area contributed by atoms with Crippen LogP contribution in [0.5, 0.6) is 0 Å². The Morgan fingerprint density at radius 1 is 1.30 bits per heavy atom. The van der Waals surface area contributed by atoms with Gasteiger partial charge in [0.05, 0.1) is 17.8 Å². The van der Waals surface area contributed by atoms with Crippen LogP contribution in [0.2, 0.25) is 0 Å². The molecule has 6 heteroatoms. The van der Waals surface area contributed by atoms with Crippen LogP contribution in [0.1, 0.15) is 37.4 Å². The fourth-order valence-electron chi connectivity index (χ4n) is 1.96. The van der Waals surface area contributed by atoms with E-state index in [0.717, 1.165) is 15.2 Å². The van der Waals surface area contributed by atoms with E-state index in [0.29, 0.717) is 6.54 Å². The van der Waals surface area contributed by atoms with Crippen LogP contribution in [0.3, 0.4) is 0 Å². The van der Waals surface area contributed by atoms with Crippen molar-refractivity contribution in [3.05, 3.63) is 27.4 Å². The summed E-state index contributed by atoms with van der Waals surface area (Å²) < 4.78 is 12.0. The predicted molar refractivity (Wildman–Crippen MR) is 83.4 cm³/mol. The van der Waals surface area contributed by atoms with Gasteiger partial charge < -0.3 is 20.1 Å². The maximum atomic E-state index is 9.11. The molecule has 4 nitrogen and oxygen atoms in total. The fraction of sp³-hybridized carbons (Fsp3) is 0.571. The molecular formula is C14H22BNO3S. The molecule has 0 amide bonds. The molecule has 20 heavy (non-hydrogen) atoms. The minimum Gasteiger partial charge on any atom is -0.400 e. The van der Waals surface area contributed by atoms with Gasteiger partial charge in [-0.3, -0.25) is 0 Å². The number of thiophene rings is 1. The maximum absolute atomic E-state index is 9.11. The molecule has 3 N–H and O–H groups in total. The molecule has 2 heterocycles. The van der Waals surface area contributed by atoms with Crippen molar-refractivity contribution >= 4 is 24.5 Å². The quantitative estimate of drug-likeness (QED) is 0.836. The third-order valence-corrected chi connectivity index (χ3v) is 4.97. The van der Waals surface area contributed by atoms with E-state index >= 15 is 0 Å². The number of rotatable bonds is 4. The molecule has 1 saturated heterocycles. The number of hydrogen-bond donors (Lipinski definition) is 2. The Hall–Kier alpha value is -0.655. The smallest absolute Gasteiger partial charge is 0.400 e. The van der Waals surface area contributed by atoms with Gasteiger partial charge in [0.2, 0.25) is 0 Å². The Morgan fingerprint density at radius 3 is 2.35 bits per heavy atom.